The number of piperazine rings is 1. The Hall–Kier alpha value is -2.11. The third-order valence-electron chi connectivity index (χ3n) is 4.81. The minimum Gasteiger partial charge on any atom is -0.367 e. The number of nitrogens with zero attached hydrogens (tertiary/aromatic N) is 3. The summed E-state index contributed by atoms with van der Waals surface area (Å²) in [5, 5.41) is 0.652. The van der Waals surface area contributed by atoms with Crippen molar-refractivity contribution < 1.29 is 4.39 Å². The van der Waals surface area contributed by atoms with Crippen LogP contribution in [0, 0.1) is 5.82 Å². The number of fused-ring (bicyclic) bond motifs is 1. The molecular weight excluding hydrogens is 339 g/mol. The Morgan fingerprint density at radius 2 is 1.96 bits per heavy atom. The van der Waals surface area contributed by atoms with Crippen molar-refractivity contribution in [2.24, 2.45) is 0 Å². The van der Waals surface area contributed by atoms with Crippen LogP contribution in [0.5, 0.6) is 0 Å². The number of nitrogens with one attached hydrogen (secondary N) is 1. The van der Waals surface area contributed by atoms with Gasteiger partial charge in [-0.25, -0.2) is 9.37 Å². The van der Waals surface area contributed by atoms with Gasteiger partial charge in [0.25, 0.3) is 0 Å². The fraction of sp³-hybridized carbons (Fsp3) is 0.316. The first-order valence-corrected chi connectivity index (χ1v) is 8.94. The van der Waals surface area contributed by atoms with E-state index in [2.05, 4.69) is 26.7 Å². The maximum absolute atomic E-state index is 14.6. The number of aromatic amines is 1. The van der Waals surface area contributed by atoms with E-state index in [0.717, 1.165) is 43.8 Å². The quantitative estimate of drug-likeness (QED) is 0.763. The highest BCUT2D eigenvalue weighted by atomic mass is 35.5. The summed E-state index contributed by atoms with van der Waals surface area (Å²) in [5.41, 5.74) is 2.99. The molecule has 4 nitrogen and oxygen atoms in total. The van der Waals surface area contributed by atoms with Crippen molar-refractivity contribution in [3.8, 4) is 11.4 Å². The van der Waals surface area contributed by atoms with Gasteiger partial charge in [-0.15, -0.1) is 0 Å². The van der Waals surface area contributed by atoms with E-state index in [9.17, 15) is 4.39 Å². The van der Waals surface area contributed by atoms with Crippen LogP contribution >= 0.6 is 11.6 Å². The van der Waals surface area contributed by atoms with E-state index < -0.39 is 0 Å². The van der Waals surface area contributed by atoms with Crippen LogP contribution in [-0.4, -0.2) is 47.6 Å². The van der Waals surface area contributed by atoms with Crippen molar-refractivity contribution in [3.63, 3.8) is 0 Å². The van der Waals surface area contributed by atoms with Crippen molar-refractivity contribution in [3.05, 3.63) is 47.2 Å². The number of aromatic nitrogens is 2. The number of H-pyrrole nitrogens is 1. The van der Waals surface area contributed by atoms with Crippen LogP contribution in [0.25, 0.3) is 22.4 Å². The van der Waals surface area contributed by atoms with Gasteiger partial charge < -0.3 is 14.8 Å². The normalized spacial score (nSPS) is 15.9. The second kappa shape index (κ2) is 6.65. The number of anilines is 1. The van der Waals surface area contributed by atoms with Gasteiger partial charge in [-0.3, -0.25) is 0 Å². The maximum Gasteiger partial charge on any atom is 0.148 e. The first kappa shape index (κ1) is 16.4. The molecule has 1 fully saturated rings. The summed E-state index contributed by atoms with van der Waals surface area (Å²) in [6.45, 7) is 6.79. The molecule has 2 heterocycles. The lowest BCUT2D eigenvalue weighted by molar-refractivity contribution is 0.270. The molecule has 2 aromatic carbocycles. The van der Waals surface area contributed by atoms with Crippen molar-refractivity contribution >= 4 is 28.3 Å². The van der Waals surface area contributed by atoms with E-state index in [0.29, 0.717) is 22.1 Å². The number of hydrogen-bond donors (Lipinski definition) is 1. The Bertz CT molecular complexity index is 900. The molecular formula is C19H20ClFN4. The Labute approximate surface area is 151 Å². The van der Waals surface area contributed by atoms with Gasteiger partial charge >= 0.3 is 0 Å². The van der Waals surface area contributed by atoms with Gasteiger partial charge in [0.05, 0.1) is 16.7 Å². The molecule has 25 heavy (non-hydrogen) atoms. The Morgan fingerprint density at radius 1 is 1.16 bits per heavy atom. The second-order valence-corrected chi connectivity index (χ2v) is 6.77. The summed E-state index contributed by atoms with van der Waals surface area (Å²) in [4.78, 5) is 12.3. The molecule has 0 unspecified atom stereocenters. The van der Waals surface area contributed by atoms with Crippen molar-refractivity contribution in [2.75, 3.05) is 37.6 Å². The molecule has 0 amide bonds. The van der Waals surface area contributed by atoms with Crippen molar-refractivity contribution in [2.45, 2.75) is 6.92 Å². The average molecular weight is 359 g/mol. The molecule has 0 saturated carbocycles. The van der Waals surface area contributed by atoms with Gasteiger partial charge in [-0.1, -0.05) is 30.7 Å². The molecule has 0 atom stereocenters. The highest BCUT2D eigenvalue weighted by molar-refractivity contribution is 6.30. The summed E-state index contributed by atoms with van der Waals surface area (Å²) < 4.78 is 14.6. The van der Waals surface area contributed by atoms with Crippen LogP contribution in [0.2, 0.25) is 5.02 Å². The van der Waals surface area contributed by atoms with Crippen LogP contribution in [0.4, 0.5) is 10.1 Å². The van der Waals surface area contributed by atoms with E-state index in [-0.39, 0.29) is 5.82 Å². The Kier molecular flexibility index (Phi) is 4.36. The van der Waals surface area contributed by atoms with Crippen LogP contribution in [-0.2, 0) is 0 Å². The maximum atomic E-state index is 14.6. The zero-order chi connectivity index (χ0) is 17.4. The molecule has 1 aromatic heterocycles. The lowest BCUT2D eigenvalue weighted by Gasteiger charge is -2.35. The highest BCUT2D eigenvalue weighted by Crippen LogP contribution is 2.28. The highest BCUT2D eigenvalue weighted by Gasteiger charge is 2.20. The van der Waals surface area contributed by atoms with Crippen LogP contribution < -0.4 is 4.90 Å². The van der Waals surface area contributed by atoms with Gasteiger partial charge in [0.2, 0.25) is 0 Å². The fourth-order valence-electron chi connectivity index (χ4n) is 3.34. The number of imidazole rings is 1. The SMILES string of the molecule is CCN1CCN(c2cc3nc(-c4cccc(Cl)c4)[nH]c3cc2F)CC1. The first-order valence-electron chi connectivity index (χ1n) is 8.56. The van der Waals surface area contributed by atoms with E-state index in [1.807, 2.05) is 30.3 Å². The molecule has 3 aromatic rings. The molecule has 6 heteroatoms. The molecule has 1 saturated heterocycles. The van der Waals surface area contributed by atoms with E-state index in [1.54, 1.807) is 0 Å². The number of likely N-dealkylation sites (N-methyl/N-ethyl adjacent to an activating group) is 1. The lowest BCUT2D eigenvalue weighted by atomic mass is 10.2. The monoisotopic (exact) mass is 358 g/mol. The zero-order valence-corrected chi connectivity index (χ0v) is 14.9. The fourth-order valence-corrected chi connectivity index (χ4v) is 3.53. The number of hydrogen-bond acceptors (Lipinski definition) is 3. The van der Waals surface area contributed by atoms with Crippen LogP contribution in [0.1, 0.15) is 6.92 Å². The molecule has 1 aliphatic rings. The minimum absolute atomic E-state index is 0.209. The second-order valence-electron chi connectivity index (χ2n) is 6.34. The van der Waals surface area contributed by atoms with Crippen molar-refractivity contribution in [1.82, 2.24) is 14.9 Å². The van der Waals surface area contributed by atoms with Gasteiger partial charge in [0.15, 0.2) is 0 Å². The van der Waals surface area contributed by atoms with Crippen LogP contribution in [0.15, 0.2) is 36.4 Å². The summed E-state index contributed by atoms with van der Waals surface area (Å²) >= 11 is 6.06. The zero-order valence-electron chi connectivity index (χ0n) is 14.1. The smallest absolute Gasteiger partial charge is 0.148 e. The average Bonchev–Trinajstić information content (AvgIpc) is 3.04. The predicted octanol–water partition coefficient (Wildman–Crippen LogP) is 4.16. The summed E-state index contributed by atoms with van der Waals surface area (Å²) in [6.07, 6.45) is 0. The molecule has 0 aliphatic carbocycles. The topological polar surface area (TPSA) is 35.2 Å². The third kappa shape index (κ3) is 3.22. The number of benzene rings is 2. The molecule has 130 valence electrons. The van der Waals surface area contributed by atoms with E-state index in [1.165, 1.54) is 6.07 Å². The molecule has 0 spiro atoms. The molecule has 0 bridgehead atoms. The lowest BCUT2D eigenvalue weighted by Crippen LogP contribution is -2.46. The first-order chi connectivity index (χ1) is 12.1. The number of halogens is 2. The Morgan fingerprint density at radius 3 is 2.68 bits per heavy atom. The van der Waals surface area contributed by atoms with Crippen LogP contribution in [0.3, 0.4) is 0 Å². The Balaban J connectivity index is 1.67. The minimum atomic E-state index is -0.209. The van der Waals surface area contributed by atoms with Gasteiger partial charge in [-0.2, -0.15) is 0 Å². The molecule has 1 aliphatic heterocycles. The summed E-state index contributed by atoms with van der Waals surface area (Å²) in [6, 6.07) is 10.9. The molecule has 1 N–H and O–H groups in total. The van der Waals surface area contributed by atoms with E-state index >= 15 is 0 Å². The van der Waals surface area contributed by atoms with Gasteiger partial charge in [0.1, 0.15) is 11.6 Å². The summed E-state index contributed by atoms with van der Waals surface area (Å²) in [7, 11) is 0. The standard InChI is InChI=1S/C19H20ClFN4/c1-2-24-6-8-25(9-7-24)18-12-17-16(11-15(18)21)22-19(23-17)13-4-3-5-14(20)10-13/h3-5,10-12H,2,6-9H2,1H3,(H,22,23). The summed E-state index contributed by atoms with van der Waals surface area (Å²) in [5.74, 6) is 0.489. The van der Waals surface area contributed by atoms with E-state index in [4.69, 9.17) is 11.6 Å². The molecule has 4 rings (SSSR count). The largest absolute Gasteiger partial charge is 0.367 e. The predicted molar refractivity (Wildman–Crippen MR) is 101 cm³/mol. The van der Waals surface area contributed by atoms with Gasteiger partial charge in [-0.05, 0) is 24.7 Å². The van der Waals surface area contributed by atoms with Crippen molar-refractivity contribution in [1.29, 1.82) is 0 Å². The third-order valence-corrected chi connectivity index (χ3v) is 5.04. The molecule has 0 radical (unpaired) electrons. The van der Waals surface area contributed by atoms with Gasteiger partial charge in [0, 0.05) is 42.8 Å². The number of rotatable bonds is 3.